The van der Waals surface area contributed by atoms with Crippen molar-refractivity contribution in [3.63, 3.8) is 0 Å². The first-order chi connectivity index (χ1) is 10.3. The normalized spacial score (nSPS) is 13.0. The smallest absolute Gasteiger partial charge is 0.115 e. The van der Waals surface area contributed by atoms with Crippen LogP contribution >= 0.6 is 0 Å². The van der Waals surface area contributed by atoms with E-state index in [0.29, 0.717) is 5.75 Å². The predicted octanol–water partition coefficient (Wildman–Crippen LogP) is 5.11. The number of rotatable bonds is 2. The Bertz CT molecular complexity index is 878. The number of aromatic hydroxyl groups is 1. The molecule has 0 aromatic heterocycles. The van der Waals surface area contributed by atoms with Gasteiger partial charge in [-0.05, 0) is 51.2 Å². The third kappa shape index (κ3) is 2.03. The highest BCUT2D eigenvalue weighted by atomic mass is 16.3. The fraction of sp³-hybridized carbons (Fsp3) is 0. The van der Waals surface area contributed by atoms with E-state index in [1.807, 2.05) is 12.1 Å². The van der Waals surface area contributed by atoms with Crippen LogP contribution < -0.4 is 0 Å². The summed E-state index contributed by atoms with van der Waals surface area (Å²) in [6.45, 7) is 0. The SMILES string of the molecule is Oc1ccc(C=CC2=Cc3cccc4cccc2c34)cc1. The topological polar surface area (TPSA) is 20.2 Å². The molecule has 4 rings (SSSR count). The Labute approximate surface area is 123 Å². The zero-order chi connectivity index (χ0) is 14.2. The van der Waals surface area contributed by atoms with Gasteiger partial charge < -0.3 is 5.11 Å². The summed E-state index contributed by atoms with van der Waals surface area (Å²) in [4.78, 5) is 0. The first-order valence-corrected chi connectivity index (χ1v) is 7.02. The van der Waals surface area contributed by atoms with E-state index in [4.69, 9.17) is 0 Å². The molecular formula is C20H14O. The molecule has 1 N–H and O–H groups in total. The van der Waals surface area contributed by atoms with Gasteiger partial charge in [0.05, 0.1) is 0 Å². The van der Waals surface area contributed by atoms with Gasteiger partial charge in [0.1, 0.15) is 5.75 Å². The third-order valence-electron chi connectivity index (χ3n) is 3.91. The quantitative estimate of drug-likeness (QED) is 0.685. The monoisotopic (exact) mass is 270 g/mol. The van der Waals surface area contributed by atoms with Gasteiger partial charge in [-0.15, -0.1) is 0 Å². The number of hydrogen-bond donors (Lipinski definition) is 1. The largest absolute Gasteiger partial charge is 0.508 e. The van der Waals surface area contributed by atoms with Crippen LogP contribution in [0, 0.1) is 0 Å². The van der Waals surface area contributed by atoms with Gasteiger partial charge in [-0.3, -0.25) is 0 Å². The average Bonchev–Trinajstić information content (AvgIpc) is 2.88. The van der Waals surface area contributed by atoms with Crippen LogP contribution in [-0.2, 0) is 0 Å². The average molecular weight is 270 g/mol. The fourth-order valence-electron chi connectivity index (χ4n) is 2.89. The highest BCUT2D eigenvalue weighted by molar-refractivity contribution is 6.11. The van der Waals surface area contributed by atoms with Crippen LogP contribution in [0.1, 0.15) is 16.7 Å². The summed E-state index contributed by atoms with van der Waals surface area (Å²) in [5.41, 5.74) is 4.89. The zero-order valence-corrected chi connectivity index (χ0v) is 11.5. The van der Waals surface area contributed by atoms with Gasteiger partial charge in [0.2, 0.25) is 0 Å². The van der Waals surface area contributed by atoms with Crippen LogP contribution in [-0.4, -0.2) is 5.11 Å². The van der Waals surface area contributed by atoms with Crippen molar-refractivity contribution in [2.75, 3.05) is 0 Å². The molecule has 0 unspecified atom stereocenters. The molecule has 0 aliphatic heterocycles. The van der Waals surface area contributed by atoms with Crippen molar-refractivity contribution in [1.29, 1.82) is 0 Å². The summed E-state index contributed by atoms with van der Waals surface area (Å²) >= 11 is 0. The van der Waals surface area contributed by atoms with Crippen molar-refractivity contribution in [1.82, 2.24) is 0 Å². The Morgan fingerprint density at radius 3 is 2.33 bits per heavy atom. The zero-order valence-electron chi connectivity index (χ0n) is 11.5. The van der Waals surface area contributed by atoms with Crippen LogP contribution in [0.3, 0.4) is 0 Å². The molecule has 0 saturated carbocycles. The van der Waals surface area contributed by atoms with E-state index in [2.05, 4.69) is 54.6 Å². The molecule has 0 saturated heterocycles. The standard InChI is InChI=1S/C20H14O/c21-18-11-8-14(9-12-18)7-10-16-13-17-5-1-3-15-4-2-6-19(16)20(15)17/h1-13,21H. The second-order valence-electron chi connectivity index (χ2n) is 5.28. The minimum Gasteiger partial charge on any atom is -0.508 e. The lowest BCUT2D eigenvalue weighted by Crippen LogP contribution is -1.79. The van der Waals surface area contributed by atoms with E-state index < -0.39 is 0 Å². The Morgan fingerprint density at radius 2 is 1.52 bits per heavy atom. The number of phenolic OH excluding ortho intramolecular Hbond substituents is 1. The molecule has 0 bridgehead atoms. The van der Waals surface area contributed by atoms with E-state index in [1.54, 1.807) is 12.1 Å². The summed E-state index contributed by atoms with van der Waals surface area (Å²) in [5, 5.41) is 11.9. The summed E-state index contributed by atoms with van der Waals surface area (Å²) in [6.07, 6.45) is 6.45. The molecule has 0 fully saturated rings. The van der Waals surface area contributed by atoms with Gasteiger partial charge in [-0.2, -0.15) is 0 Å². The maximum Gasteiger partial charge on any atom is 0.115 e. The van der Waals surface area contributed by atoms with Gasteiger partial charge in [0, 0.05) is 0 Å². The Kier molecular flexibility index (Phi) is 2.65. The van der Waals surface area contributed by atoms with Crippen molar-refractivity contribution in [3.05, 3.63) is 83.4 Å². The minimum atomic E-state index is 0.296. The fourth-order valence-corrected chi connectivity index (χ4v) is 2.89. The molecule has 1 aliphatic rings. The Hall–Kier alpha value is -2.80. The molecule has 0 amide bonds. The number of allylic oxidation sites excluding steroid dienone is 2. The van der Waals surface area contributed by atoms with Crippen LogP contribution in [0.4, 0.5) is 0 Å². The van der Waals surface area contributed by atoms with Crippen LogP contribution in [0.2, 0.25) is 0 Å². The molecule has 1 heteroatoms. The number of benzene rings is 3. The summed E-state index contributed by atoms with van der Waals surface area (Å²) in [7, 11) is 0. The summed E-state index contributed by atoms with van der Waals surface area (Å²) in [6, 6.07) is 20.1. The first-order valence-electron chi connectivity index (χ1n) is 7.02. The van der Waals surface area contributed by atoms with Gasteiger partial charge in [-0.1, -0.05) is 60.7 Å². The van der Waals surface area contributed by atoms with E-state index in [1.165, 1.54) is 27.5 Å². The summed E-state index contributed by atoms with van der Waals surface area (Å²) in [5.74, 6) is 0.296. The van der Waals surface area contributed by atoms with Gasteiger partial charge in [0.25, 0.3) is 0 Å². The van der Waals surface area contributed by atoms with Crippen molar-refractivity contribution in [2.24, 2.45) is 0 Å². The van der Waals surface area contributed by atoms with Crippen LogP contribution in [0.25, 0.3) is 28.5 Å². The highest BCUT2D eigenvalue weighted by Gasteiger charge is 2.13. The molecular weight excluding hydrogens is 256 g/mol. The predicted molar refractivity (Wildman–Crippen MR) is 89.0 cm³/mol. The summed E-state index contributed by atoms with van der Waals surface area (Å²) < 4.78 is 0. The Balaban J connectivity index is 1.75. The second kappa shape index (κ2) is 4.64. The molecule has 0 radical (unpaired) electrons. The van der Waals surface area contributed by atoms with Crippen molar-refractivity contribution in [3.8, 4) is 5.75 Å². The van der Waals surface area contributed by atoms with Gasteiger partial charge in [-0.25, -0.2) is 0 Å². The van der Waals surface area contributed by atoms with E-state index in [9.17, 15) is 5.11 Å². The molecule has 100 valence electrons. The van der Waals surface area contributed by atoms with Crippen LogP contribution in [0.5, 0.6) is 5.75 Å². The van der Waals surface area contributed by atoms with E-state index in [0.717, 1.165) is 5.56 Å². The number of hydrogen-bond acceptors (Lipinski definition) is 1. The maximum atomic E-state index is 9.32. The lowest BCUT2D eigenvalue weighted by Gasteiger charge is -2.02. The van der Waals surface area contributed by atoms with E-state index >= 15 is 0 Å². The van der Waals surface area contributed by atoms with Crippen molar-refractivity contribution < 1.29 is 5.11 Å². The molecule has 1 nitrogen and oxygen atoms in total. The lowest BCUT2D eigenvalue weighted by atomic mass is 10.0. The molecule has 0 spiro atoms. The van der Waals surface area contributed by atoms with E-state index in [-0.39, 0.29) is 0 Å². The third-order valence-corrected chi connectivity index (χ3v) is 3.91. The lowest BCUT2D eigenvalue weighted by molar-refractivity contribution is 0.475. The minimum absolute atomic E-state index is 0.296. The van der Waals surface area contributed by atoms with Gasteiger partial charge >= 0.3 is 0 Å². The van der Waals surface area contributed by atoms with Crippen molar-refractivity contribution >= 4 is 28.5 Å². The molecule has 21 heavy (non-hydrogen) atoms. The van der Waals surface area contributed by atoms with Crippen LogP contribution in [0.15, 0.2) is 66.7 Å². The second-order valence-corrected chi connectivity index (χ2v) is 5.28. The van der Waals surface area contributed by atoms with Gasteiger partial charge in [0.15, 0.2) is 0 Å². The molecule has 3 aromatic rings. The first kappa shape index (κ1) is 12.0. The highest BCUT2D eigenvalue weighted by Crippen LogP contribution is 2.37. The maximum absolute atomic E-state index is 9.32. The molecule has 0 heterocycles. The molecule has 3 aromatic carbocycles. The molecule has 0 atom stereocenters. The Morgan fingerprint density at radius 1 is 0.762 bits per heavy atom. The van der Waals surface area contributed by atoms with Crippen molar-refractivity contribution in [2.45, 2.75) is 0 Å². The number of phenols is 1. The molecule has 1 aliphatic carbocycles.